The fraction of sp³-hybridized carbons (Fsp3) is 0.562. The molecule has 0 unspecified atom stereocenters. The normalized spacial score (nSPS) is 19.5. The predicted molar refractivity (Wildman–Crippen MR) is 75.0 cm³/mol. The molecule has 1 aliphatic carbocycles. The first kappa shape index (κ1) is 14.2. The minimum absolute atomic E-state index is 0.118. The van der Waals surface area contributed by atoms with Gasteiger partial charge in [0.05, 0.1) is 11.9 Å². The maximum Gasteiger partial charge on any atom is 0.405 e. The van der Waals surface area contributed by atoms with Gasteiger partial charge in [-0.3, -0.25) is 4.98 Å². The summed E-state index contributed by atoms with van der Waals surface area (Å²) in [5.74, 6) is 5.24. The van der Waals surface area contributed by atoms with Gasteiger partial charge in [0, 0.05) is 24.8 Å². The summed E-state index contributed by atoms with van der Waals surface area (Å²) in [6, 6.07) is 0. The summed E-state index contributed by atoms with van der Waals surface area (Å²) < 4.78 is 38.8. The number of nitrogens with zero attached hydrogens (tertiary/aromatic N) is 2. The topological polar surface area (TPSA) is 16.1 Å². The second-order valence-electron chi connectivity index (χ2n) is 5.70. The smallest absolute Gasteiger partial charge is 0.370 e. The first-order valence-electron chi connectivity index (χ1n) is 7.28. The van der Waals surface area contributed by atoms with E-state index in [1.54, 1.807) is 12.4 Å². The molecule has 1 aliphatic heterocycles. The molecule has 0 saturated heterocycles. The van der Waals surface area contributed by atoms with Gasteiger partial charge in [-0.05, 0) is 38.2 Å². The van der Waals surface area contributed by atoms with Crippen LogP contribution in [0.4, 0.5) is 18.9 Å². The molecule has 0 amide bonds. The number of alkyl halides is 3. The van der Waals surface area contributed by atoms with Gasteiger partial charge < -0.3 is 4.90 Å². The number of anilines is 1. The van der Waals surface area contributed by atoms with Crippen LogP contribution in [0.1, 0.15) is 37.3 Å². The third-order valence-electron chi connectivity index (χ3n) is 4.34. The number of halogens is 3. The zero-order valence-electron chi connectivity index (χ0n) is 11.9. The maximum atomic E-state index is 12.9. The first-order valence-corrected chi connectivity index (χ1v) is 7.28. The molecule has 1 aromatic rings. The van der Waals surface area contributed by atoms with Gasteiger partial charge in [0.25, 0.3) is 0 Å². The van der Waals surface area contributed by atoms with Gasteiger partial charge in [-0.15, -0.1) is 0 Å². The van der Waals surface area contributed by atoms with Crippen molar-refractivity contribution in [2.75, 3.05) is 18.0 Å². The third-order valence-corrected chi connectivity index (χ3v) is 4.34. The van der Waals surface area contributed by atoms with Crippen molar-refractivity contribution in [3.05, 3.63) is 23.5 Å². The molecule has 0 atom stereocenters. The Kier molecular flexibility index (Phi) is 3.35. The van der Waals surface area contributed by atoms with Gasteiger partial charge in [-0.1, -0.05) is 11.8 Å². The van der Waals surface area contributed by atoms with Gasteiger partial charge in [0.2, 0.25) is 0 Å². The fourth-order valence-corrected chi connectivity index (χ4v) is 2.81. The summed E-state index contributed by atoms with van der Waals surface area (Å²) >= 11 is 0. The predicted octanol–water partition coefficient (Wildman–Crippen LogP) is 3.55. The van der Waals surface area contributed by atoms with E-state index in [2.05, 4.69) is 28.6 Å². The van der Waals surface area contributed by atoms with Crippen LogP contribution in [0.15, 0.2) is 12.4 Å². The van der Waals surface area contributed by atoms with Crippen molar-refractivity contribution in [1.82, 2.24) is 4.98 Å². The van der Waals surface area contributed by atoms with Crippen LogP contribution >= 0.6 is 0 Å². The van der Waals surface area contributed by atoms with Crippen LogP contribution in [0.5, 0.6) is 0 Å². The zero-order chi connectivity index (χ0) is 15.1. The lowest BCUT2D eigenvalue weighted by Gasteiger charge is -2.30. The lowest BCUT2D eigenvalue weighted by molar-refractivity contribution is -0.168. The van der Waals surface area contributed by atoms with Crippen molar-refractivity contribution >= 4 is 5.69 Å². The van der Waals surface area contributed by atoms with Crippen molar-refractivity contribution in [2.45, 2.75) is 38.8 Å². The average molecular weight is 294 g/mol. The second-order valence-corrected chi connectivity index (χ2v) is 5.70. The van der Waals surface area contributed by atoms with Gasteiger partial charge >= 0.3 is 6.18 Å². The Hall–Kier alpha value is -1.70. The van der Waals surface area contributed by atoms with E-state index in [0.29, 0.717) is 5.56 Å². The van der Waals surface area contributed by atoms with E-state index >= 15 is 0 Å². The van der Waals surface area contributed by atoms with Crippen LogP contribution < -0.4 is 4.90 Å². The van der Waals surface area contributed by atoms with Crippen molar-refractivity contribution in [1.29, 1.82) is 0 Å². The van der Waals surface area contributed by atoms with Crippen LogP contribution in [0.25, 0.3) is 0 Å². The largest absolute Gasteiger partial charge is 0.405 e. The molecule has 2 heterocycles. The fourth-order valence-electron chi connectivity index (χ4n) is 2.81. The van der Waals surface area contributed by atoms with Gasteiger partial charge in [0.1, 0.15) is 5.41 Å². The van der Waals surface area contributed by atoms with E-state index in [9.17, 15) is 13.2 Å². The maximum absolute atomic E-state index is 12.9. The molecule has 2 nitrogen and oxygen atoms in total. The minimum atomic E-state index is -4.22. The van der Waals surface area contributed by atoms with E-state index < -0.39 is 11.6 Å². The average Bonchev–Trinajstić information content (AvgIpc) is 3.25. The van der Waals surface area contributed by atoms with E-state index in [4.69, 9.17) is 0 Å². The Labute approximate surface area is 122 Å². The standard InChI is InChI=1S/C16H17F3N2/c1-2-21-9-3-4-13-12(10-20-11-14(13)21)5-6-15(7-8-15)16(17,18)19/h10-11H,2-4,7-9H2,1H3. The summed E-state index contributed by atoms with van der Waals surface area (Å²) in [6.07, 6.45) is 1.26. The third kappa shape index (κ3) is 2.48. The summed E-state index contributed by atoms with van der Waals surface area (Å²) in [5.41, 5.74) is 0.951. The highest BCUT2D eigenvalue weighted by atomic mass is 19.4. The number of aromatic nitrogens is 1. The van der Waals surface area contributed by atoms with Gasteiger partial charge in [0.15, 0.2) is 0 Å². The molecule has 1 saturated carbocycles. The number of hydrogen-bond donors (Lipinski definition) is 0. The molecular weight excluding hydrogens is 277 g/mol. The molecule has 1 fully saturated rings. The molecular formula is C16H17F3N2. The Balaban J connectivity index is 1.95. The highest BCUT2D eigenvalue weighted by Crippen LogP contribution is 2.57. The highest BCUT2D eigenvalue weighted by Gasteiger charge is 2.62. The molecule has 0 aromatic carbocycles. The Morgan fingerprint density at radius 2 is 2.10 bits per heavy atom. The molecule has 0 radical (unpaired) electrons. The van der Waals surface area contributed by atoms with E-state index in [-0.39, 0.29) is 12.8 Å². The molecule has 3 rings (SSSR count). The van der Waals surface area contributed by atoms with Crippen LogP contribution in [-0.4, -0.2) is 24.2 Å². The molecule has 21 heavy (non-hydrogen) atoms. The van der Waals surface area contributed by atoms with Crippen LogP contribution in [0, 0.1) is 17.3 Å². The Bertz CT molecular complexity index is 606. The van der Waals surface area contributed by atoms with E-state index in [1.807, 2.05) is 0 Å². The minimum Gasteiger partial charge on any atom is -0.370 e. The summed E-state index contributed by atoms with van der Waals surface area (Å²) in [4.78, 5) is 6.36. The number of rotatable bonds is 1. The summed E-state index contributed by atoms with van der Waals surface area (Å²) in [7, 11) is 0. The molecule has 0 spiro atoms. The zero-order valence-corrected chi connectivity index (χ0v) is 11.9. The summed E-state index contributed by atoms with van der Waals surface area (Å²) in [5, 5.41) is 0. The van der Waals surface area contributed by atoms with Crippen LogP contribution in [0.3, 0.4) is 0 Å². The van der Waals surface area contributed by atoms with Crippen molar-refractivity contribution in [2.24, 2.45) is 5.41 Å². The molecule has 2 aliphatic rings. The van der Waals surface area contributed by atoms with Gasteiger partial charge in [-0.2, -0.15) is 13.2 Å². The Morgan fingerprint density at radius 3 is 2.71 bits per heavy atom. The first-order chi connectivity index (χ1) is 9.97. The van der Waals surface area contributed by atoms with Crippen molar-refractivity contribution in [3.8, 4) is 11.8 Å². The molecule has 1 aromatic heterocycles. The van der Waals surface area contributed by atoms with Crippen LogP contribution in [-0.2, 0) is 6.42 Å². The van der Waals surface area contributed by atoms with Crippen molar-refractivity contribution < 1.29 is 13.2 Å². The monoisotopic (exact) mass is 294 g/mol. The second kappa shape index (κ2) is 4.94. The number of hydrogen-bond acceptors (Lipinski definition) is 2. The molecule has 5 heteroatoms. The lowest BCUT2D eigenvalue weighted by Crippen LogP contribution is -2.29. The number of pyridine rings is 1. The lowest BCUT2D eigenvalue weighted by atomic mass is 9.98. The van der Waals surface area contributed by atoms with Crippen molar-refractivity contribution in [3.63, 3.8) is 0 Å². The van der Waals surface area contributed by atoms with E-state index in [1.165, 1.54) is 0 Å². The molecule has 0 bridgehead atoms. The van der Waals surface area contributed by atoms with Gasteiger partial charge in [-0.25, -0.2) is 0 Å². The highest BCUT2D eigenvalue weighted by molar-refractivity contribution is 5.60. The Morgan fingerprint density at radius 1 is 1.33 bits per heavy atom. The van der Waals surface area contributed by atoms with E-state index in [0.717, 1.165) is 37.2 Å². The number of fused-ring (bicyclic) bond motifs is 1. The van der Waals surface area contributed by atoms with Crippen LogP contribution in [0.2, 0.25) is 0 Å². The summed E-state index contributed by atoms with van der Waals surface area (Å²) in [6.45, 7) is 3.91. The SMILES string of the molecule is CCN1CCCc2c(C#CC3(C(F)(F)F)CC3)cncc21. The molecule has 112 valence electrons. The quantitative estimate of drug-likeness (QED) is 0.736. The molecule has 0 N–H and O–H groups in total.